The number of alkyl halides is 3. The molecule has 1 unspecified atom stereocenters. The average molecular weight is 433 g/mol. The number of benzene rings is 1. The number of nitrogens with two attached hydrogens (primary N) is 1. The molecule has 0 aliphatic heterocycles. The number of rotatable bonds is 5. The second kappa shape index (κ2) is 8.37. The highest BCUT2D eigenvalue weighted by Gasteiger charge is 2.31. The third-order valence-electron chi connectivity index (χ3n) is 5.84. The van der Waals surface area contributed by atoms with Crippen molar-refractivity contribution in [3.05, 3.63) is 42.0 Å². The largest absolute Gasteiger partial charge is 0.416 e. The summed E-state index contributed by atoms with van der Waals surface area (Å²) in [6.45, 7) is 1.82. The first-order valence-electron chi connectivity index (χ1n) is 10.5. The van der Waals surface area contributed by atoms with Gasteiger partial charge in [-0.2, -0.15) is 13.2 Å². The van der Waals surface area contributed by atoms with E-state index in [0.29, 0.717) is 28.6 Å². The van der Waals surface area contributed by atoms with Crippen molar-refractivity contribution in [3.8, 4) is 11.3 Å². The van der Waals surface area contributed by atoms with Crippen LogP contribution in [0.25, 0.3) is 16.9 Å². The zero-order chi connectivity index (χ0) is 22.2. The smallest absolute Gasteiger partial charge is 0.393 e. The van der Waals surface area contributed by atoms with Gasteiger partial charge in [0.15, 0.2) is 11.5 Å². The molecule has 1 fully saturated rings. The van der Waals surface area contributed by atoms with E-state index in [0.717, 1.165) is 44.2 Å². The molecule has 0 saturated heterocycles. The minimum absolute atomic E-state index is 0.127. The van der Waals surface area contributed by atoms with E-state index >= 15 is 0 Å². The standard InChI is InChI=1S/C22H26F3N5O/c1-13(31)11-14-5-7-17(8-6-14)27-18-9-10-19-28-21(26)20(30(19)29-18)15-3-2-4-16(12-15)22(23,24)25/h2-4,9-10,12-14,17,31H,5-8,11,26H2,1H3,(H,27,29)/t13?,14-,17-. The van der Waals surface area contributed by atoms with Gasteiger partial charge in [0.05, 0.1) is 11.7 Å². The summed E-state index contributed by atoms with van der Waals surface area (Å²) in [5.74, 6) is 1.29. The Morgan fingerprint density at radius 3 is 2.61 bits per heavy atom. The number of nitrogens with zero attached hydrogens (tertiary/aromatic N) is 3. The quantitative estimate of drug-likeness (QED) is 0.541. The van der Waals surface area contributed by atoms with Crippen LogP contribution in [0.15, 0.2) is 36.4 Å². The van der Waals surface area contributed by atoms with Gasteiger partial charge in [-0.15, -0.1) is 5.10 Å². The summed E-state index contributed by atoms with van der Waals surface area (Å²) in [7, 11) is 0. The summed E-state index contributed by atoms with van der Waals surface area (Å²) in [5.41, 5.74) is 6.41. The normalized spacial score (nSPS) is 20.7. The molecular formula is C22H26F3N5O. The van der Waals surface area contributed by atoms with Gasteiger partial charge >= 0.3 is 6.18 Å². The van der Waals surface area contributed by atoms with Crippen LogP contribution in [0.2, 0.25) is 0 Å². The number of aromatic nitrogens is 3. The van der Waals surface area contributed by atoms with Crippen LogP contribution in [0.4, 0.5) is 24.8 Å². The van der Waals surface area contributed by atoms with Crippen LogP contribution < -0.4 is 11.1 Å². The summed E-state index contributed by atoms with van der Waals surface area (Å²) in [5, 5.41) is 17.6. The molecule has 1 aliphatic carbocycles. The number of fused-ring (bicyclic) bond motifs is 1. The van der Waals surface area contributed by atoms with Crippen LogP contribution in [-0.2, 0) is 6.18 Å². The molecule has 4 rings (SSSR count). The first-order chi connectivity index (χ1) is 14.7. The third-order valence-corrected chi connectivity index (χ3v) is 5.84. The zero-order valence-electron chi connectivity index (χ0n) is 17.2. The molecule has 1 saturated carbocycles. The van der Waals surface area contributed by atoms with Crippen LogP contribution in [0.3, 0.4) is 0 Å². The fraction of sp³-hybridized carbons (Fsp3) is 0.455. The van der Waals surface area contributed by atoms with Gasteiger partial charge in [-0.3, -0.25) is 0 Å². The van der Waals surface area contributed by atoms with E-state index in [2.05, 4.69) is 15.4 Å². The molecule has 1 aromatic carbocycles. The molecule has 1 aliphatic rings. The van der Waals surface area contributed by atoms with Gasteiger partial charge in [0.1, 0.15) is 11.5 Å². The van der Waals surface area contributed by atoms with Gasteiger partial charge in [-0.25, -0.2) is 9.50 Å². The second-order valence-corrected chi connectivity index (χ2v) is 8.36. The summed E-state index contributed by atoms with van der Waals surface area (Å²) in [4.78, 5) is 4.25. The van der Waals surface area contributed by atoms with Gasteiger partial charge in [-0.05, 0) is 69.2 Å². The van der Waals surface area contributed by atoms with Gasteiger partial charge in [0, 0.05) is 11.6 Å². The molecular weight excluding hydrogens is 407 g/mol. The van der Waals surface area contributed by atoms with Crippen molar-refractivity contribution in [2.75, 3.05) is 11.1 Å². The first kappa shape index (κ1) is 21.4. The van der Waals surface area contributed by atoms with Crippen molar-refractivity contribution in [1.29, 1.82) is 0 Å². The molecule has 0 amide bonds. The SMILES string of the molecule is CC(O)C[C@H]1CC[C@H](Nc2ccc3nc(N)c(-c4cccc(C(F)(F)F)c4)n3n2)CC1. The number of nitrogen functional groups attached to an aromatic ring is 1. The number of hydrogen-bond acceptors (Lipinski definition) is 5. The Balaban J connectivity index is 1.58. The fourth-order valence-electron chi connectivity index (χ4n) is 4.37. The lowest BCUT2D eigenvalue weighted by atomic mass is 9.83. The Bertz CT molecular complexity index is 1050. The van der Waals surface area contributed by atoms with Gasteiger partial charge < -0.3 is 16.2 Å². The number of aliphatic hydroxyl groups is 1. The lowest BCUT2D eigenvalue weighted by molar-refractivity contribution is -0.137. The number of imidazole rings is 1. The van der Waals surface area contributed by atoms with Crippen molar-refractivity contribution in [2.24, 2.45) is 5.92 Å². The van der Waals surface area contributed by atoms with E-state index in [-0.39, 0.29) is 18.0 Å². The maximum absolute atomic E-state index is 13.2. The van der Waals surface area contributed by atoms with Crippen molar-refractivity contribution >= 4 is 17.3 Å². The molecule has 0 spiro atoms. The van der Waals surface area contributed by atoms with Crippen LogP contribution in [0, 0.1) is 5.92 Å². The van der Waals surface area contributed by atoms with Crippen molar-refractivity contribution in [2.45, 2.75) is 57.3 Å². The van der Waals surface area contributed by atoms with Crippen LogP contribution in [0.5, 0.6) is 0 Å². The molecule has 166 valence electrons. The summed E-state index contributed by atoms with van der Waals surface area (Å²) in [6, 6.07) is 8.82. The highest BCUT2D eigenvalue weighted by molar-refractivity contribution is 5.75. The lowest BCUT2D eigenvalue weighted by Crippen LogP contribution is -2.28. The third kappa shape index (κ3) is 4.76. The molecule has 6 nitrogen and oxygen atoms in total. The molecule has 4 N–H and O–H groups in total. The molecule has 0 bridgehead atoms. The van der Waals surface area contributed by atoms with Crippen LogP contribution >= 0.6 is 0 Å². The lowest BCUT2D eigenvalue weighted by Gasteiger charge is -2.30. The van der Waals surface area contributed by atoms with Gasteiger partial charge in [-0.1, -0.05) is 12.1 Å². The predicted molar refractivity (Wildman–Crippen MR) is 114 cm³/mol. The summed E-state index contributed by atoms with van der Waals surface area (Å²) >= 11 is 0. The Morgan fingerprint density at radius 2 is 1.94 bits per heavy atom. The van der Waals surface area contributed by atoms with Gasteiger partial charge in [0.25, 0.3) is 0 Å². The number of anilines is 2. The molecule has 2 aromatic heterocycles. The minimum Gasteiger partial charge on any atom is -0.393 e. The molecule has 2 heterocycles. The van der Waals surface area contributed by atoms with E-state index in [9.17, 15) is 18.3 Å². The van der Waals surface area contributed by atoms with E-state index in [1.165, 1.54) is 10.6 Å². The first-order valence-corrected chi connectivity index (χ1v) is 10.5. The van der Waals surface area contributed by atoms with Crippen LogP contribution in [-0.4, -0.2) is 31.9 Å². The number of nitrogens with one attached hydrogen (secondary N) is 1. The van der Waals surface area contributed by atoms with Crippen molar-refractivity contribution in [1.82, 2.24) is 14.6 Å². The topological polar surface area (TPSA) is 88.5 Å². The van der Waals surface area contributed by atoms with Crippen molar-refractivity contribution < 1.29 is 18.3 Å². The Morgan fingerprint density at radius 1 is 1.19 bits per heavy atom. The Labute approximate surface area is 178 Å². The summed E-state index contributed by atoms with van der Waals surface area (Å²) < 4.78 is 41.0. The highest BCUT2D eigenvalue weighted by atomic mass is 19.4. The molecule has 3 aromatic rings. The predicted octanol–water partition coefficient (Wildman–Crippen LogP) is 4.74. The van der Waals surface area contributed by atoms with E-state index in [4.69, 9.17) is 5.73 Å². The second-order valence-electron chi connectivity index (χ2n) is 8.36. The maximum Gasteiger partial charge on any atom is 0.416 e. The molecule has 9 heteroatoms. The minimum atomic E-state index is -4.45. The highest BCUT2D eigenvalue weighted by Crippen LogP contribution is 2.34. The fourth-order valence-corrected chi connectivity index (χ4v) is 4.37. The van der Waals surface area contributed by atoms with Crippen LogP contribution in [0.1, 0.15) is 44.6 Å². The monoisotopic (exact) mass is 433 g/mol. The Kier molecular flexibility index (Phi) is 5.79. The maximum atomic E-state index is 13.2. The van der Waals surface area contributed by atoms with E-state index in [1.54, 1.807) is 18.2 Å². The van der Waals surface area contributed by atoms with E-state index < -0.39 is 11.7 Å². The average Bonchev–Trinajstić information content (AvgIpc) is 3.03. The summed E-state index contributed by atoms with van der Waals surface area (Å²) in [6.07, 6.45) is 0.132. The Hall–Kier alpha value is -2.81. The van der Waals surface area contributed by atoms with Crippen molar-refractivity contribution in [3.63, 3.8) is 0 Å². The molecule has 1 atom stereocenters. The number of halogens is 3. The van der Waals surface area contributed by atoms with E-state index in [1.807, 2.05) is 6.92 Å². The number of aliphatic hydroxyl groups excluding tert-OH is 1. The molecule has 0 radical (unpaired) electrons. The number of hydrogen-bond donors (Lipinski definition) is 3. The molecule has 31 heavy (non-hydrogen) atoms. The van der Waals surface area contributed by atoms with Gasteiger partial charge in [0.2, 0.25) is 0 Å². The zero-order valence-corrected chi connectivity index (χ0v) is 17.2.